The molecule has 3 aromatic rings. The molecule has 30 heavy (non-hydrogen) atoms. The normalized spacial score (nSPS) is 10.3. The van der Waals surface area contributed by atoms with Crippen LogP contribution >= 0.6 is 15.9 Å². The Morgan fingerprint density at radius 1 is 0.933 bits per heavy atom. The highest BCUT2D eigenvalue weighted by Crippen LogP contribution is 2.24. The molecule has 0 spiro atoms. The Balaban J connectivity index is 1.57. The van der Waals surface area contributed by atoms with Crippen molar-refractivity contribution in [2.24, 2.45) is 0 Å². The maximum atomic E-state index is 12.3. The fourth-order valence-electron chi connectivity index (χ4n) is 2.50. The topological polar surface area (TPSA) is 95.7 Å². The first-order valence-corrected chi connectivity index (χ1v) is 9.61. The molecule has 0 saturated heterocycles. The number of esters is 1. The zero-order valence-corrected chi connectivity index (χ0v) is 17.4. The van der Waals surface area contributed by atoms with Gasteiger partial charge in [-0.05, 0) is 61.0 Å². The summed E-state index contributed by atoms with van der Waals surface area (Å²) >= 11 is 3.35. The van der Waals surface area contributed by atoms with Crippen molar-refractivity contribution < 1.29 is 24.0 Å². The quantitative estimate of drug-likeness (QED) is 0.196. The summed E-state index contributed by atoms with van der Waals surface area (Å²) in [5.74, 6) is -0.0432. The number of halogens is 1. The van der Waals surface area contributed by atoms with E-state index in [2.05, 4.69) is 15.9 Å². The fraction of sp³-hybridized carbons (Fsp3) is 0.0909. The summed E-state index contributed by atoms with van der Waals surface area (Å²) in [4.78, 5) is 34.6. The minimum absolute atomic E-state index is 0.0316. The summed E-state index contributed by atoms with van der Waals surface area (Å²) in [5.41, 5.74) is 1.67. The van der Waals surface area contributed by atoms with Gasteiger partial charge >= 0.3 is 5.97 Å². The third kappa shape index (κ3) is 5.30. The molecule has 0 aromatic heterocycles. The Morgan fingerprint density at radius 3 is 2.07 bits per heavy atom. The van der Waals surface area contributed by atoms with Crippen LogP contribution in [0, 0.1) is 17.0 Å². The van der Waals surface area contributed by atoms with Crippen LogP contribution in [0.15, 0.2) is 71.2 Å². The van der Waals surface area contributed by atoms with Crippen LogP contribution in [-0.2, 0) is 4.74 Å². The van der Waals surface area contributed by atoms with Crippen LogP contribution in [0.1, 0.15) is 26.3 Å². The first kappa shape index (κ1) is 21.2. The molecule has 0 N–H and O–H groups in total. The number of hydrogen-bond donors (Lipinski definition) is 0. The van der Waals surface area contributed by atoms with Gasteiger partial charge in [-0.1, -0.05) is 22.0 Å². The molecule has 0 aliphatic heterocycles. The van der Waals surface area contributed by atoms with Crippen molar-refractivity contribution in [1.82, 2.24) is 0 Å². The van der Waals surface area contributed by atoms with E-state index >= 15 is 0 Å². The predicted molar refractivity (Wildman–Crippen MR) is 113 cm³/mol. The van der Waals surface area contributed by atoms with Gasteiger partial charge in [0.1, 0.15) is 11.5 Å². The number of nitro benzene ring substituents is 1. The Bertz CT molecular complexity index is 1090. The lowest BCUT2D eigenvalue weighted by atomic mass is 10.1. The Labute approximate surface area is 180 Å². The number of carbonyl (C=O) groups is 2. The van der Waals surface area contributed by atoms with Gasteiger partial charge < -0.3 is 9.47 Å². The number of rotatable bonds is 7. The summed E-state index contributed by atoms with van der Waals surface area (Å²) in [6, 6.07) is 17.0. The minimum atomic E-state index is -0.581. The largest absolute Gasteiger partial charge is 0.457 e. The molecule has 0 fully saturated rings. The number of ether oxygens (including phenoxy) is 2. The van der Waals surface area contributed by atoms with E-state index in [9.17, 15) is 19.7 Å². The van der Waals surface area contributed by atoms with Crippen molar-refractivity contribution >= 4 is 33.4 Å². The van der Waals surface area contributed by atoms with Gasteiger partial charge in [-0.2, -0.15) is 0 Å². The predicted octanol–water partition coefficient (Wildman–Crippen LogP) is 5.50. The first-order valence-electron chi connectivity index (χ1n) is 8.82. The van der Waals surface area contributed by atoms with E-state index in [0.29, 0.717) is 22.6 Å². The molecule has 0 unspecified atom stereocenters. The number of non-ortho nitro benzene ring substituents is 1. The minimum Gasteiger partial charge on any atom is -0.457 e. The average molecular weight is 470 g/mol. The smallest absolute Gasteiger partial charge is 0.338 e. The molecule has 152 valence electrons. The number of hydrogen-bond acceptors (Lipinski definition) is 6. The monoisotopic (exact) mass is 469 g/mol. The van der Waals surface area contributed by atoms with Gasteiger partial charge in [0.15, 0.2) is 12.4 Å². The Morgan fingerprint density at radius 2 is 1.50 bits per heavy atom. The van der Waals surface area contributed by atoms with Crippen LogP contribution < -0.4 is 4.74 Å². The van der Waals surface area contributed by atoms with Gasteiger partial charge in [0.05, 0.1) is 10.5 Å². The zero-order valence-electron chi connectivity index (χ0n) is 15.8. The number of aryl methyl sites for hydroxylation is 1. The van der Waals surface area contributed by atoms with E-state index in [1.54, 1.807) is 42.5 Å². The second kappa shape index (κ2) is 9.32. The summed E-state index contributed by atoms with van der Waals surface area (Å²) in [6.07, 6.45) is 0. The number of carbonyl (C=O) groups excluding carboxylic acids is 2. The van der Waals surface area contributed by atoms with Crippen molar-refractivity contribution in [3.63, 3.8) is 0 Å². The zero-order chi connectivity index (χ0) is 21.7. The van der Waals surface area contributed by atoms with E-state index in [4.69, 9.17) is 9.47 Å². The van der Waals surface area contributed by atoms with Crippen LogP contribution in [0.5, 0.6) is 11.5 Å². The molecule has 3 rings (SSSR count). The van der Waals surface area contributed by atoms with Gasteiger partial charge in [0.2, 0.25) is 0 Å². The number of Topliss-reactive ketones (excluding diaryl/α,β-unsaturated/α-hetero) is 1. The molecule has 8 heteroatoms. The van der Waals surface area contributed by atoms with Crippen LogP contribution in [0.4, 0.5) is 5.69 Å². The van der Waals surface area contributed by atoms with E-state index < -0.39 is 10.9 Å². The van der Waals surface area contributed by atoms with Gasteiger partial charge in [0.25, 0.3) is 5.69 Å². The molecule has 0 bridgehead atoms. The lowest BCUT2D eigenvalue weighted by Gasteiger charge is -2.08. The second-order valence-electron chi connectivity index (χ2n) is 6.34. The summed E-state index contributed by atoms with van der Waals surface area (Å²) in [7, 11) is 0. The number of benzene rings is 3. The van der Waals surface area contributed by atoms with Crippen LogP contribution in [-0.4, -0.2) is 23.3 Å². The van der Waals surface area contributed by atoms with Crippen LogP contribution in [0.25, 0.3) is 0 Å². The van der Waals surface area contributed by atoms with Crippen molar-refractivity contribution in [3.05, 3.63) is 98.0 Å². The summed E-state index contributed by atoms with van der Waals surface area (Å²) < 4.78 is 11.5. The molecule has 0 aliphatic rings. The molecule has 7 nitrogen and oxygen atoms in total. The van der Waals surface area contributed by atoms with E-state index in [1.807, 2.05) is 6.92 Å². The van der Waals surface area contributed by atoms with Crippen LogP contribution in [0.2, 0.25) is 0 Å². The second-order valence-corrected chi connectivity index (χ2v) is 7.20. The van der Waals surface area contributed by atoms with E-state index in [0.717, 1.165) is 10.0 Å². The van der Waals surface area contributed by atoms with Gasteiger partial charge in [-0.25, -0.2) is 4.79 Å². The maximum absolute atomic E-state index is 12.3. The Kier molecular flexibility index (Phi) is 6.58. The van der Waals surface area contributed by atoms with Gasteiger partial charge in [0, 0.05) is 22.2 Å². The molecule has 0 saturated carbocycles. The third-order valence-electron chi connectivity index (χ3n) is 4.20. The third-order valence-corrected chi connectivity index (χ3v) is 5.06. The highest BCUT2D eigenvalue weighted by molar-refractivity contribution is 9.10. The Hall–Kier alpha value is -3.52. The average Bonchev–Trinajstić information content (AvgIpc) is 2.74. The molecule has 0 aliphatic carbocycles. The highest BCUT2D eigenvalue weighted by atomic mass is 79.9. The van der Waals surface area contributed by atoms with Crippen molar-refractivity contribution in [2.45, 2.75) is 6.92 Å². The lowest BCUT2D eigenvalue weighted by Crippen LogP contribution is -2.14. The first-order chi connectivity index (χ1) is 14.3. The maximum Gasteiger partial charge on any atom is 0.338 e. The number of nitro groups is 1. The molecule has 0 heterocycles. The molecule has 0 atom stereocenters. The molecule has 0 amide bonds. The molecular weight excluding hydrogens is 454 g/mol. The molecule has 3 aromatic carbocycles. The van der Waals surface area contributed by atoms with Gasteiger partial charge in [-0.15, -0.1) is 0 Å². The number of nitrogens with zero attached hydrogens (tertiary/aromatic N) is 1. The lowest BCUT2D eigenvalue weighted by molar-refractivity contribution is -0.384. The van der Waals surface area contributed by atoms with E-state index in [-0.39, 0.29) is 18.1 Å². The standard InChI is InChI=1S/C22H16BrNO6/c1-14-2-3-16(12-20(14)23)22(26)29-13-21(25)15-4-8-18(9-5-15)30-19-10-6-17(7-11-19)24(27)28/h2-12H,13H2,1H3. The summed E-state index contributed by atoms with van der Waals surface area (Å²) in [6.45, 7) is 1.52. The molecular formula is C22H16BrNO6. The number of ketones is 1. The summed E-state index contributed by atoms with van der Waals surface area (Å²) in [5, 5.41) is 10.7. The van der Waals surface area contributed by atoms with E-state index in [1.165, 1.54) is 24.3 Å². The van der Waals surface area contributed by atoms with Crippen molar-refractivity contribution in [3.8, 4) is 11.5 Å². The SMILES string of the molecule is Cc1ccc(C(=O)OCC(=O)c2ccc(Oc3ccc([N+](=O)[O-])cc3)cc2)cc1Br. The van der Waals surface area contributed by atoms with Crippen LogP contribution in [0.3, 0.4) is 0 Å². The van der Waals surface area contributed by atoms with Gasteiger partial charge in [-0.3, -0.25) is 14.9 Å². The highest BCUT2D eigenvalue weighted by Gasteiger charge is 2.13. The van der Waals surface area contributed by atoms with Crippen molar-refractivity contribution in [1.29, 1.82) is 0 Å². The fourth-order valence-corrected chi connectivity index (χ4v) is 2.88. The molecule has 0 radical (unpaired) electrons. The van der Waals surface area contributed by atoms with Crippen molar-refractivity contribution in [2.75, 3.05) is 6.61 Å².